The summed E-state index contributed by atoms with van der Waals surface area (Å²) in [6, 6.07) is 11.2. The van der Waals surface area contributed by atoms with Crippen molar-refractivity contribution in [3.05, 3.63) is 35.9 Å². The van der Waals surface area contributed by atoms with E-state index in [9.17, 15) is 0 Å². The second-order valence-corrected chi connectivity index (χ2v) is 5.30. The molecule has 3 atom stereocenters. The van der Waals surface area contributed by atoms with E-state index >= 15 is 0 Å². The van der Waals surface area contributed by atoms with E-state index in [1.165, 1.54) is 38.5 Å². The van der Waals surface area contributed by atoms with Crippen LogP contribution in [0.4, 0.5) is 0 Å². The molecule has 0 radical (unpaired) electrons. The molecule has 2 aliphatic carbocycles. The topological polar surface area (TPSA) is 0 Å². The third kappa shape index (κ3) is 1.71. The average molecular weight is 200 g/mol. The predicted octanol–water partition coefficient (Wildman–Crippen LogP) is 4.37. The van der Waals surface area contributed by atoms with Gasteiger partial charge in [0, 0.05) is 0 Å². The van der Waals surface area contributed by atoms with Crippen LogP contribution < -0.4 is 0 Å². The molecule has 80 valence electrons. The van der Waals surface area contributed by atoms with Gasteiger partial charge < -0.3 is 0 Å². The molecule has 1 aromatic rings. The van der Waals surface area contributed by atoms with E-state index in [1.54, 1.807) is 5.56 Å². The molecule has 0 heteroatoms. The van der Waals surface area contributed by atoms with Crippen LogP contribution in [0.5, 0.6) is 0 Å². The Hall–Kier alpha value is -0.780. The first-order chi connectivity index (χ1) is 7.45. The zero-order valence-corrected chi connectivity index (χ0v) is 9.36. The Morgan fingerprint density at radius 2 is 1.53 bits per heavy atom. The van der Waals surface area contributed by atoms with Crippen LogP contribution >= 0.6 is 0 Å². The predicted molar refractivity (Wildman–Crippen MR) is 63.9 cm³/mol. The number of hydrogen-bond donors (Lipinski definition) is 0. The van der Waals surface area contributed by atoms with Gasteiger partial charge in [0.1, 0.15) is 0 Å². The Morgan fingerprint density at radius 1 is 0.800 bits per heavy atom. The number of rotatable bonds is 1. The van der Waals surface area contributed by atoms with Crippen molar-refractivity contribution < 1.29 is 0 Å². The van der Waals surface area contributed by atoms with Crippen molar-refractivity contribution in [1.29, 1.82) is 0 Å². The average Bonchev–Trinajstić information content (AvgIpc) is 2.78. The van der Waals surface area contributed by atoms with Crippen molar-refractivity contribution in [2.24, 2.45) is 11.8 Å². The minimum absolute atomic E-state index is 0.882. The third-order valence-corrected chi connectivity index (χ3v) is 4.55. The van der Waals surface area contributed by atoms with E-state index in [0.717, 1.165) is 17.8 Å². The van der Waals surface area contributed by atoms with Crippen LogP contribution in [0.1, 0.15) is 50.0 Å². The van der Waals surface area contributed by atoms with E-state index in [1.807, 2.05) is 0 Å². The third-order valence-electron chi connectivity index (χ3n) is 4.55. The molecule has 0 nitrogen and oxygen atoms in total. The van der Waals surface area contributed by atoms with E-state index in [0.29, 0.717) is 0 Å². The first kappa shape index (κ1) is 9.45. The molecule has 0 spiro atoms. The summed E-state index contributed by atoms with van der Waals surface area (Å²) in [6.07, 6.45) is 8.89. The van der Waals surface area contributed by atoms with Gasteiger partial charge in [0.2, 0.25) is 0 Å². The lowest BCUT2D eigenvalue weighted by Crippen LogP contribution is -2.22. The van der Waals surface area contributed by atoms with Crippen molar-refractivity contribution in [3.8, 4) is 0 Å². The normalized spacial score (nSPS) is 35.1. The van der Waals surface area contributed by atoms with Gasteiger partial charge in [-0.25, -0.2) is 0 Å². The SMILES string of the molecule is c1ccc(C2CCCC3CCCC32)cc1. The van der Waals surface area contributed by atoms with Gasteiger partial charge in [-0.15, -0.1) is 0 Å². The lowest BCUT2D eigenvalue weighted by molar-refractivity contribution is 0.238. The molecule has 0 aromatic heterocycles. The molecule has 3 rings (SSSR count). The molecule has 2 saturated carbocycles. The molecular weight excluding hydrogens is 180 g/mol. The molecule has 0 saturated heterocycles. The highest BCUT2D eigenvalue weighted by Crippen LogP contribution is 2.49. The summed E-state index contributed by atoms with van der Waals surface area (Å²) in [5, 5.41) is 0. The van der Waals surface area contributed by atoms with Crippen LogP contribution in [-0.2, 0) is 0 Å². The molecule has 0 N–H and O–H groups in total. The van der Waals surface area contributed by atoms with Gasteiger partial charge in [0.15, 0.2) is 0 Å². The van der Waals surface area contributed by atoms with E-state index in [-0.39, 0.29) is 0 Å². The highest BCUT2D eigenvalue weighted by atomic mass is 14.4. The van der Waals surface area contributed by atoms with Gasteiger partial charge in [-0.1, -0.05) is 56.0 Å². The summed E-state index contributed by atoms with van der Waals surface area (Å²) < 4.78 is 0. The number of hydrogen-bond acceptors (Lipinski definition) is 0. The fourth-order valence-corrected chi connectivity index (χ4v) is 3.88. The molecule has 15 heavy (non-hydrogen) atoms. The highest BCUT2D eigenvalue weighted by Gasteiger charge is 2.36. The standard InChI is InChI=1S/C15H20/c1-2-6-12(7-3-1)14-10-4-8-13-9-5-11-15(13)14/h1-3,6-7,13-15H,4-5,8-11H2. The van der Waals surface area contributed by atoms with Crippen LogP contribution in [0.3, 0.4) is 0 Å². The summed E-state index contributed by atoms with van der Waals surface area (Å²) in [7, 11) is 0. The minimum Gasteiger partial charge on any atom is -0.0622 e. The Balaban J connectivity index is 1.85. The first-order valence-corrected chi connectivity index (χ1v) is 6.50. The van der Waals surface area contributed by atoms with Crippen molar-refractivity contribution in [1.82, 2.24) is 0 Å². The maximum absolute atomic E-state index is 2.34. The fraction of sp³-hybridized carbons (Fsp3) is 0.600. The van der Waals surface area contributed by atoms with Crippen molar-refractivity contribution in [3.63, 3.8) is 0 Å². The van der Waals surface area contributed by atoms with Crippen molar-refractivity contribution in [2.75, 3.05) is 0 Å². The molecule has 2 fully saturated rings. The molecule has 2 aliphatic rings. The zero-order valence-electron chi connectivity index (χ0n) is 9.36. The maximum Gasteiger partial charge on any atom is -0.0131 e. The monoisotopic (exact) mass is 200 g/mol. The van der Waals surface area contributed by atoms with Gasteiger partial charge in [-0.2, -0.15) is 0 Å². The second kappa shape index (κ2) is 4.00. The van der Waals surface area contributed by atoms with Gasteiger partial charge >= 0.3 is 0 Å². The number of benzene rings is 1. The minimum atomic E-state index is 0.882. The van der Waals surface area contributed by atoms with Crippen LogP contribution in [0.25, 0.3) is 0 Å². The van der Waals surface area contributed by atoms with Gasteiger partial charge in [-0.3, -0.25) is 0 Å². The van der Waals surface area contributed by atoms with E-state index in [4.69, 9.17) is 0 Å². The Morgan fingerprint density at radius 3 is 2.33 bits per heavy atom. The largest absolute Gasteiger partial charge is 0.0622 e. The summed E-state index contributed by atoms with van der Waals surface area (Å²) in [5.41, 5.74) is 1.61. The Labute approximate surface area is 92.7 Å². The summed E-state index contributed by atoms with van der Waals surface area (Å²) in [6.45, 7) is 0. The lowest BCUT2D eigenvalue weighted by atomic mass is 9.71. The van der Waals surface area contributed by atoms with Crippen LogP contribution in [-0.4, -0.2) is 0 Å². The van der Waals surface area contributed by atoms with Gasteiger partial charge in [0.05, 0.1) is 0 Å². The molecule has 0 bridgehead atoms. The smallest absolute Gasteiger partial charge is 0.0131 e. The Bertz CT molecular complexity index is 314. The van der Waals surface area contributed by atoms with Gasteiger partial charge in [0.25, 0.3) is 0 Å². The van der Waals surface area contributed by atoms with Crippen molar-refractivity contribution >= 4 is 0 Å². The Kier molecular flexibility index (Phi) is 2.52. The highest BCUT2D eigenvalue weighted by molar-refractivity contribution is 5.21. The summed E-state index contributed by atoms with van der Waals surface area (Å²) >= 11 is 0. The molecule has 0 heterocycles. The quantitative estimate of drug-likeness (QED) is 0.631. The van der Waals surface area contributed by atoms with E-state index in [2.05, 4.69) is 30.3 Å². The van der Waals surface area contributed by atoms with Gasteiger partial charge in [-0.05, 0) is 36.2 Å². The molecule has 3 unspecified atom stereocenters. The molecule has 1 aromatic carbocycles. The van der Waals surface area contributed by atoms with Crippen LogP contribution in [0, 0.1) is 11.8 Å². The molecule has 0 amide bonds. The molecular formula is C15H20. The summed E-state index contributed by atoms with van der Waals surface area (Å²) in [5.74, 6) is 2.96. The second-order valence-electron chi connectivity index (χ2n) is 5.30. The van der Waals surface area contributed by atoms with Crippen LogP contribution in [0.15, 0.2) is 30.3 Å². The lowest BCUT2D eigenvalue weighted by Gasteiger charge is -2.34. The molecule has 0 aliphatic heterocycles. The van der Waals surface area contributed by atoms with E-state index < -0.39 is 0 Å². The zero-order chi connectivity index (χ0) is 10.1. The van der Waals surface area contributed by atoms with Crippen LogP contribution in [0.2, 0.25) is 0 Å². The van der Waals surface area contributed by atoms with Crippen molar-refractivity contribution in [2.45, 2.75) is 44.4 Å². The fourth-order valence-electron chi connectivity index (χ4n) is 3.88. The number of fused-ring (bicyclic) bond motifs is 1. The first-order valence-electron chi connectivity index (χ1n) is 6.50. The maximum atomic E-state index is 2.34. The summed E-state index contributed by atoms with van der Waals surface area (Å²) in [4.78, 5) is 0.